The number of benzene rings is 2. The van der Waals surface area contributed by atoms with Gasteiger partial charge in [0.25, 0.3) is 5.97 Å². The molecule has 16 N–H and O–H groups in total. The number of guanidine groups is 1. The summed E-state index contributed by atoms with van der Waals surface area (Å²) >= 11 is 0. The molecular weight excluding hydrogens is 1010 g/mol. The quantitative estimate of drug-likeness (QED) is 0.0358. The van der Waals surface area contributed by atoms with Crippen LogP contribution in [0.15, 0.2) is 78.3 Å². The summed E-state index contributed by atoms with van der Waals surface area (Å²) in [4.78, 5) is 148. The van der Waals surface area contributed by atoms with Crippen molar-refractivity contribution in [1.82, 2.24) is 57.5 Å². The van der Waals surface area contributed by atoms with Gasteiger partial charge in [-0.2, -0.15) is 0 Å². The number of carboxylic acids is 2. The van der Waals surface area contributed by atoms with Crippen LogP contribution in [0.25, 0.3) is 10.9 Å². The van der Waals surface area contributed by atoms with Crippen LogP contribution in [-0.4, -0.2) is 146 Å². The second-order valence-corrected chi connectivity index (χ2v) is 18.7. The van der Waals surface area contributed by atoms with Crippen LogP contribution in [0, 0.1) is 0 Å². The zero-order valence-corrected chi connectivity index (χ0v) is 43.9. The van der Waals surface area contributed by atoms with Gasteiger partial charge in [0.2, 0.25) is 47.3 Å². The number of aromatic nitrogens is 3. The zero-order valence-electron chi connectivity index (χ0n) is 43.9. The number of nitrogens with two attached hydrogens (primary N) is 2. The lowest BCUT2D eigenvalue weighted by Crippen LogP contribution is -2.61. The van der Waals surface area contributed by atoms with E-state index in [4.69, 9.17) is 21.4 Å². The summed E-state index contributed by atoms with van der Waals surface area (Å²) in [6, 6.07) is 6.21. The fraction of sp³-hybridized carbons (Fsp3) is 0.462. The number of imidazole rings is 1. The molecule has 1 aliphatic heterocycles. The Morgan fingerprint density at radius 1 is 0.756 bits per heavy atom. The van der Waals surface area contributed by atoms with Gasteiger partial charge in [0.1, 0.15) is 42.3 Å². The number of carbonyl (C=O) groups is 10. The van der Waals surface area contributed by atoms with E-state index in [1.54, 1.807) is 42.6 Å². The average Bonchev–Trinajstić information content (AvgIpc) is 4.07. The molecule has 2 aromatic carbocycles. The highest BCUT2D eigenvalue weighted by molar-refractivity contribution is 5.99. The van der Waals surface area contributed by atoms with Crippen LogP contribution < -0.4 is 54.0 Å². The molecule has 1 aliphatic rings. The second-order valence-electron chi connectivity index (χ2n) is 18.7. The average molecular weight is 1090 g/mol. The molecule has 0 spiro atoms. The fourth-order valence-electron chi connectivity index (χ4n) is 8.37. The predicted molar refractivity (Wildman–Crippen MR) is 285 cm³/mol. The van der Waals surface area contributed by atoms with Crippen LogP contribution in [0.1, 0.15) is 95.4 Å². The Labute approximate surface area is 450 Å². The zero-order chi connectivity index (χ0) is 57.1. The van der Waals surface area contributed by atoms with Crippen molar-refractivity contribution >= 4 is 76.1 Å². The number of fused-ring (bicyclic) bond motifs is 1. The Morgan fingerprint density at radius 2 is 1.37 bits per heavy atom. The summed E-state index contributed by atoms with van der Waals surface area (Å²) in [5.74, 6) is -8.64. The van der Waals surface area contributed by atoms with Crippen molar-refractivity contribution in [3.05, 3.63) is 90.1 Å². The molecule has 26 nitrogen and oxygen atoms in total. The molecule has 3 heterocycles. The van der Waals surface area contributed by atoms with Crippen LogP contribution in [0.4, 0.5) is 0 Å². The molecule has 7 atom stereocenters. The van der Waals surface area contributed by atoms with Crippen molar-refractivity contribution in [3.8, 4) is 0 Å². The summed E-state index contributed by atoms with van der Waals surface area (Å²) < 4.78 is 0. The number of rotatable bonds is 17. The first kappa shape index (κ1) is 61.7. The lowest BCUT2D eigenvalue weighted by Gasteiger charge is -2.28. The number of hydrogen-bond donors (Lipinski definition) is 14. The molecule has 1 saturated heterocycles. The van der Waals surface area contributed by atoms with Gasteiger partial charge in [-0.15, -0.1) is 0 Å². The number of nitrogens with one attached hydrogen (secondary N) is 10. The van der Waals surface area contributed by atoms with E-state index in [2.05, 4.69) is 62.5 Å². The summed E-state index contributed by atoms with van der Waals surface area (Å²) in [6.07, 6.45) is 5.28. The highest BCUT2D eigenvalue weighted by Crippen LogP contribution is 2.20. The van der Waals surface area contributed by atoms with E-state index in [1.165, 1.54) is 19.4 Å². The molecule has 2 aromatic heterocycles. The Morgan fingerprint density at radius 3 is 2.01 bits per heavy atom. The number of carbonyl (C=O) groups excluding carboxylic acids is 8. The molecule has 78 heavy (non-hydrogen) atoms. The van der Waals surface area contributed by atoms with E-state index in [0.717, 1.165) is 17.8 Å². The van der Waals surface area contributed by atoms with E-state index in [0.29, 0.717) is 29.7 Å². The first-order chi connectivity index (χ1) is 37.2. The third-order valence-electron chi connectivity index (χ3n) is 12.3. The maximum absolute atomic E-state index is 14.7. The van der Waals surface area contributed by atoms with Gasteiger partial charge in [0, 0.05) is 75.2 Å². The summed E-state index contributed by atoms with van der Waals surface area (Å²) in [5.41, 5.74) is 13.5. The Hall–Kier alpha value is -8.84. The molecule has 5 rings (SSSR count). The minimum absolute atomic E-state index is 0.00489. The van der Waals surface area contributed by atoms with Crippen molar-refractivity contribution in [2.75, 3.05) is 13.1 Å². The molecule has 422 valence electrons. The molecule has 26 heteroatoms. The molecule has 0 bridgehead atoms. The third kappa shape index (κ3) is 21.4. The molecule has 1 unspecified atom stereocenters. The second kappa shape index (κ2) is 31.9. The highest BCUT2D eigenvalue weighted by Gasteiger charge is 2.35. The summed E-state index contributed by atoms with van der Waals surface area (Å²) in [6.45, 7) is 4.27. The van der Waals surface area contributed by atoms with Gasteiger partial charge >= 0.3 is 5.97 Å². The molecule has 1 fully saturated rings. The third-order valence-corrected chi connectivity index (χ3v) is 12.3. The highest BCUT2D eigenvalue weighted by atomic mass is 16.4. The molecular formula is C52H72N14O12. The molecule has 0 radical (unpaired) electrons. The lowest BCUT2D eigenvalue weighted by molar-refractivity contribution is -0.142. The van der Waals surface area contributed by atoms with Gasteiger partial charge in [-0.25, -0.2) is 9.78 Å². The number of amides is 8. The van der Waals surface area contributed by atoms with Gasteiger partial charge in [-0.3, -0.25) is 48.1 Å². The first-order valence-electron chi connectivity index (χ1n) is 25.6. The topological polar surface area (TPSA) is 416 Å². The Balaban J connectivity index is 0.00000317. The Bertz CT molecular complexity index is 2690. The molecule has 4 aromatic rings. The number of aliphatic carboxylic acids is 2. The summed E-state index contributed by atoms with van der Waals surface area (Å²) in [7, 11) is 0. The van der Waals surface area contributed by atoms with E-state index >= 15 is 0 Å². The number of para-hydroxylation sites is 1. The summed E-state index contributed by atoms with van der Waals surface area (Å²) in [5, 5.41) is 39.8. The lowest BCUT2D eigenvalue weighted by atomic mass is 10.0. The number of aliphatic imine (C=N–C) groups is 1. The van der Waals surface area contributed by atoms with Crippen LogP contribution in [0.5, 0.6) is 0 Å². The van der Waals surface area contributed by atoms with Crippen molar-refractivity contribution < 1.29 is 58.2 Å². The number of unbranched alkanes of at least 4 members (excludes halogenated alkanes) is 1. The Kier molecular flexibility index (Phi) is 25.2. The fourth-order valence-corrected chi connectivity index (χ4v) is 8.37. The minimum atomic E-state index is -1.59. The monoisotopic (exact) mass is 1080 g/mol. The number of aromatic amines is 2. The maximum Gasteiger partial charge on any atom is 0.326 e. The standard InChI is InChI=1S/C50H68N14O10.C2H4O2/c1-3-4-16-35(58-29(2)65)43(67)64-41-25-42(66)54-20-11-10-18-37(49(73)74)60-46(70)39(23-31-26-56-34-17-9-8-15-33(31)34)62-44(68)36(19-12-21-55-50(51)52)59-45(69)38(22-30-13-6-5-7-14-30)61-47(71)40(63-48(41)72)24-32-27-53-28-57-32;1-2(3)4/h5-9,13-15,17,26-28,35-41,56H,3-4,10-12,16,18-25H2,1-2H3,(H,53,57)(H,54,66)(H,58,65)(H,59,69)(H,60,70)(H,61,71)(H,62,68)(H,63,72)(H,64,67)(H,73,74)(H4,51,52,55);1H3,(H,3,4)/t35-,36-,37-,38+,39?,40-,41-;/m0./s1. The number of carboxylic acid groups (broad SMARTS) is 2. The van der Waals surface area contributed by atoms with E-state index < -0.39 is 108 Å². The van der Waals surface area contributed by atoms with Crippen molar-refractivity contribution in [3.63, 3.8) is 0 Å². The SMILES string of the molecule is CC(=O)O.CCCC[C@H](NC(C)=O)C(=O)N[C@H]1CC(=O)NCCCC[C@@H](C(=O)O)NC(=O)C(Cc2c[nH]c3ccccc23)NC(=O)[C@H](CCCN=C(N)N)NC(=O)[C@@H](Cc2ccccc2)NC(=O)[C@H](Cc2cnc[nH]2)NC1=O. The van der Waals surface area contributed by atoms with Crippen molar-refractivity contribution in [2.24, 2.45) is 16.5 Å². The molecule has 8 amide bonds. The number of nitrogens with zero attached hydrogens (tertiary/aromatic N) is 2. The molecule has 0 aliphatic carbocycles. The largest absolute Gasteiger partial charge is 0.481 e. The smallest absolute Gasteiger partial charge is 0.326 e. The number of H-pyrrole nitrogens is 2. The van der Waals surface area contributed by atoms with Gasteiger partial charge in [0.05, 0.1) is 12.7 Å². The maximum atomic E-state index is 14.7. The first-order valence-corrected chi connectivity index (χ1v) is 25.6. The van der Waals surface area contributed by atoms with Gasteiger partial charge in [0.15, 0.2) is 5.96 Å². The van der Waals surface area contributed by atoms with Crippen LogP contribution in [-0.2, 0) is 67.2 Å². The molecule has 0 saturated carbocycles. The minimum Gasteiger partial charge on any atom is -0.481 e. The van der Waals surface area contributed by atoms with Gasteiger partial charge in [-0.05, 0) is 55.7 Å². The normalized spacial score (nSPS) is 20.6. The van der Waals surface area contributed by atoms with Crippen LogP contribution >= 0.6 is 0 Å². The number of hydrogen-bond acceptors (Lipinski definition) is 12. The van der Waals surface area contributed by atoms with Gasteiger partial charge in [-0.1, -0.05) is 68.3 Å². The van der Waals surface area contributed by atoms with E-state index in [1.807, 2.05) is 25.1 Å². The van der Waals surface area contributed by atoms with Crippen molar-refractivity contribution in [1.29, 1.82) is 0 Å². The van der Waals surface area contributed by atoms with Gasteiger partial charge < -0.3 is 74.2 Å². The van der Waals surface area contributed by atoms with Crippen molar-refractivity contribution in [2.45, 2.75) is 140 Å². The predicted octanol–water partition coefficient (Wildman–Crippen LogP) is -0.558. The van der Waals surface area contributed by atoms with Crippen LogP contribution in [0.2, 0.25) is 0 Å². The van der Waals surface area contributed by atoms with E-state index in [9.17, 15) is 48.3 Å². The van der Waals surface area contributed by atoms with Crippen LogP contribution in [0.3, 0.4) is 0 Å². The van der Waals surface area contributed by atoms with E-state index in [-0.39, 0.29) is 76.8 Å².